The lowest BCUT2D eigenvalue weighted by atomic mass is 9.84. The van der Waals surface area contributed by atoms with Crippen LogP contribution in [0.2, 0.25) is 0 Å². The lowest BCUT2D eigenvalue weighted by molar-refractivity contribution is -0.0987. The van der Waals surface area contributed by atoms with Crippen molar-refractivity contribution in [1.82, 2.24) is 9.88 Å². The number of nitrogens with zero attached hydrogens (tertiary/aromatic N) is 2. The van der Waals surface area contributed by atoms with E-state index in [1.807, 2.05) is 30.6 Å². The third-order valence-corrected chi connectivity index (χ3v) is 6.98. The van der Waals surface area contributed by atoms with E-state index in [-0.39, 0.29) is 5.91 Å². The number of piperidine rings is 1. The van der Waals surface area contributed by atoms with Crippen LogP contribution < -0.4 is 0 Å². The van der Waals surface area contributed by atoms with Gasteiger partial charge in [0.1, 0.15) is 19.3 Å². The molecule has 2 heterocycles. The topological polar surface area (TPSA) is 67.3 Å². The summed E-state index contributed by atoms with van der Waals surface area (Å²) in [7, 11) is 0. The summed E-state index contributed by atoms with van der Waals surface area (Å²) in [5, 5.41) is 0. The van der Waals surface area contributed by atoms with Gasteiger partial charge in [0.05, 0.1) is 0 Å². The molecule has 0 spiro atoms. The van der Waals surface area contributed by atoms with Crippen LogP contribution in [0.25, 0.3) is 6.08 Å². The molecule has 1 aromatic heterocycles. The summed E-state index contributed by atoms with van der Waals surface area (Å²) in [6, 6.07) is 25.2. The number of likely N-dealkylation sites (tertiary alicyclic amines) is 1. The Morgan fingerprint density at radius 2 is 1.56 bits per heavy atom. The summed E-state index contributed by atoms with van der Waals surface area (Å²) < 4.78 is 0. The molecule has 1 aliphatic carbocycles. The first kappa shape index (κ1) is 26.7. The van der Waals surface area contributed by atoms with Crippen LogP contribution in [0.3, 0.4) is 0 Å². The van der Waals surface area contributed by atoms with Crippen molar-refractivity contribution in [3.63, 3.8) is 0 Å². The number of hydrogen-bond donors (Lipinski definition) is 0. The summed E-state index contributed by atoms with van der Waals surface area (Å²) in [6.07, 6.45) is 9.56. The van der Waals surface area contributed by atoms with E-state index in [4.69, 9.17) is 14.6 Å². The Hall–Kier alpha value is -3.86. The van der Waals surface area contributed by atoms with E-state index >= 15 is 0 Å². The second kappa shape index (κ2) is 13.9. The van der Waals surface area contributed by atoms with Gasteiger partial charge in [-0.3, -0.25) is 4.79 Å². The Kier molecular flexibility index (Phi) is 10.3. The van der Waals surface area contributed by atoms with E-state index in [0.29, 0.717) is 17.5 Å². The molecule has 1 unspecified atom stereocenters. The van der Waals surface area contributed by atoms with Gasteiger partial charge in [-0.15, -0.1) is 0 Å². The molecule has 1 aliphatic heterocycles. The van der Waals surface area contributed by atoms with Gasteiger partial charge in [0.25, 0.3) is 5.91 Å². The highest BCUT2D eigenvalue weighted by atomic mass is 16.2. The number of amides is 1. The zero-order chi connectivity index (χ0) is 25.8. The van der Waals surface area contributed by atoms with Gasteiger partial charge in [-0.1, -0.05) is 72.8 Å². The summed E-state index contributed by atoms with van der Waals surface area (Å²) >= 11 is 0. The first-order valence-electron chi connectivity index (χ1n) is 12.4. The molecule has 36 heavy (non-hydrogen) atoms. The number of carbonyl (C=O) groups excluding carboxylic acids is 3. The number of hydrogen-bond acceptors (Lipinski definition) is 4. The molecule has 0 N–H and O–H groups in total. The number of rotatable bonds is 5. The van der Waals surface area contributed by atoms with Gasteiger partial charge in [0.2, 0.25) is 0 Å². The first-order valence-corrected chi connectivity index (χ1v) is 12.4. The average molecular weight is 483 g/mol. The molecule has 186 valence electrons. The SMILES string of the molecule is C=O.C=O.O=C(c1cccc(CCC2CC=Cc3ccccc32)n1)N1CCC(c2ccccc2)CC1. The lowest BCUT2D eigenvalue weighted by Crippen LogP contribution is -2.38. The van der Waals surface area contributed by atoms with Crippen molar-refractivity contribution in [2.45, 2.75) is 43.9 Å². The largest absolute Gasteiger partial charge is 0.337 e. The van der Waals surface area contributed by atoms with Crippen LogP contribution in [-0.2, 0) is 16.0 Å². The Bertz CT molecular complexity index is 1140. The molecule has 5 heteroatoms. The zero-order valence-electron chi connectivity index (χ0n) is 20.7. The lowest BCUT2D eigenvalue weighted by Gasteiger charge is -2.32. The Balaban J connectivity index is 0.000000861. The standard InChI is InChI=1S/C29H30N2O.2CH2O/c32-29(31-20-18-23(19-21-31)22-8-2-1-3-9-22)28-15-7-13-26(30-28)17-16-25-12-6-11-24-10-4-5-14-27(24)25;2*1-2/h1-11,13-15,23,25H,12,16-21H2;2*1H2. The van der Waals surface area contributed by atoms with E-state index in [1.54, 1.807) is 0 Å². The van der Waals surface area contributed by atoms with Crippen molar-refractivity contribution in [1.29, 1.82) is 0 Å². The molecule has 0 radical (unpaired) electrons. The fourth-order valence-corrected chi connectivity index (χ4v) is 5.16. The Morgan fingerprint density at radius 1 is 0.861 bits per heavy atom. The summed E-state index contributed by atoms with van der Waals surface area (Å²) in [5.41, 5.74) is 5.76. The molecular weight excluding hydrogens is 448 g/mol. The number of benzene rings is 2. The number of allylic oxidation sites excluding steroid dienone is 1. The summed E-state index contributed by atoms with van der Waals surface area (Å²) in [6.45, 7) is 5.60. The van der Waals surface area contributed by atoms with E-state index in [9.17, 15) is 4.79 Å². The molecule has 3 aromatic rings. The fourth-order valence-electron chi connectivity index (χ4n) is 5.16. The predicted octanol–water partition coefficient (Wildman–Crippen LogP) is 5.86. The van der Waals surface area contributed by atoms with Crippen molar-refractivity contribution in [2.24, 2.45) is 0 Å². The maximum Gasteiger partial charge on any atom is 0.272 e. The molecule has 5 rings (SSSR count). The summed E-state index contributed by atoms with van der Waals surface area (Å²) in [5.74, 6) is 1.14. The maximum atomic E-state index is 13.1. The second-order valence-electron chi connectivity index (χ2n) is 8.99. The van der Waals surface area contributed by atoms with Gasteiger partial charge in [0, 0.05) is 18.8 Å². The number of carbonyl (C=O) groups is 3. The molecule has 1 saturated heterocycles. The van der Waals surface area contributed by atoms with Crippen molar-refractivity contribution in [3.05, 3.63) is 107 Å². The van der Waals surface area contributed by atoms with Gasteiger partial charge < -0.3 is 14.5 Å². The minimum Gasteiger partial charge on any atom is -0.337 e. The minimum atomic E-state index is 0.0734. The van der Waals surface area contributed by atoms with Crippen LogP contribution in [0.15, 0.2) is 78.9 Å². The number of aryl methyl sites for hydroxylation is 1. The van der Waals surface area contributed by atoms with Crippen LogP contribution in [0, 0.1) is 0 Å². The first-order chi connectivity index (χ1) is 17.8. The summed E-state index contributed by atoms with van der Waals surface area (Å²) in [4.78, 5) is 35.9. The monoisotopic (exact) mass is 482 g/mol. The number of pyridine rings is 1. The normalized spacial score (nSPS) is 16.6. The molecule has 0 bridgehead atoms. The highest BCUT2D eigenvalue weighted by Gasteiger charge is 2.25. The Labute approximate surface area is 213 Å². The quantitative estimate of drug-likeness (QED) is 0.456. The van der Waals surface area contributed by atoms with Gasteiger partial charge in [-0.05, 0) is 72.8 Å². The average Bonchev–Trinajstić information content (AvgIpc) is 2.98. The smallest absolute Gasteiger partial charge is 0.272 e. The minimum absolute atomic E-state index is 0.0734. The van der Waals surface area contributed by atoms with Crippen molar-refractivity contribution < 1.29 is 14.4 Å². The highest BCUT2D eigenvalue weighted by molar-refractivity contribution is 5.92. The number of aromatic nitrogens is 1. The molecule has 5 nitrogen and oxygen atoms in total. The van der Waals surface area contributed by atoms with Crippen molar-refractivity contribution in [2.75, 3.05) is 13.1 Å². The van der Waals surface area contributed by atoms with E-state index in [2.05, 4.69) is 72.8 Å². The molecule has 2 aliphatic rings. The van der Waals surface area contributed by atoms with Gasteiger partial charge in [-0.25, -0.2) is 4.98 Å². The molecule has 1 amide bonds. The molecule has 0 saturated carbocycles. The third kappa shape index (κ3) is 6.63. The predicted molar refractivity (Wildman–Crippen MR) is 144 cm³/mol. The number of fused-ring (bicyclic) bond motifs is 1. The van der Waals surface area contributed by atoms with E-state index < -0.39 is 0 Å². The van der Waals surface area contributed by atoms with Crippen LogP contribution in [-0.4, -0.2) is 42.5 Å². The maximum absolute atomic E-state index is 13.1. The van der Waals surface area contributed by atoms with Gasteiger partial charge in [0.15, 0.2) is 0 Å². The van der Waals surface area contributed by atoms with Crippen LogP contribution in [0.4, 0.5) is 0 Å². The van der Waals surface area contributed by atoms with Crippen LogP contribution in [0.5, 0.6) is 0 Å². The van der Waals surface area contributed by atoms with E-state index in [1.165, 1.54) is 16.7 Å². The highest BCUT2D eigenvalue weighted by Crippen LogP contribution is 2.33. The molecule has 1 atom stereocenters. The molecule has 2 aromatic carbocycles. The fraction of sp³-hybridized carbons (Fsp3) is 0.290. The Morgan fingerprint density at radius 3 is 2.31 bits per heavy atom. The van der Waals surface area contributed by atoms with E-state index in [0.717, 1.165) is 50.9 Å². The third-order valence-electron chi connectivity index (χ3n) is 6.98. The van der Waals surface area contributed by atoms with Crippen molar-refractivity contribution >= 4 is 25.6 Å². The van der Waals surface area contributed by atoms with Crippen LogP contribution >= 0.6 is 0 Å². The van der Waals surface area contributed by atoms with Gasteiger partial charge >= 0.3 is 0 Å². The van der Waals surface area contributed by atoms with Crippen molar-refractivity contribution in [3.8, 4) is 0 Å². The second-order valence-corrected chi connectivity index (χ2v) is 8.99. The molecule has 1 fully saturated rings. The zero-order valence-corrected chi connectivity index (χ0v) is 20.7. The van der Waals surface area contributed by atoms with Gasteiger partial charge in [-0.2, -0.15) is 0 Å². The molecular formula is C31H34N2O3. The van der Waals surface area contributed by atoms with Crippen LogP contribution in [0.1, 0.15) is 70.4 Å².